The summed E-state index contributed by atoms with van der Waals surface area (Å²) in [5.74, 6) is 1.24. The largest absolute Gasteiger partial charge is 0.497 e. The van der Waals surface area contributed by atoms with E-state index in [1.807, 2.05) is 18.2 Å². The van der Waals surface area contributed by atoms with Crippen LogP contribution in [0.2, 0.25) is 10.0 Å². The van der Waals surface area contributed by atoms with Gasteiger partial charge < -0.3 is 9.64 Å². The van der Waals surface area contributed by atoms with Gasteiger partial charge in [0.05, 0.1) is 17.2 Å². The van der Waals surface area contributed by atoms with Gasteiger partial charge in [-0.2, -0.15) is 0 Å². The van der Waals surface area contributed by atoms with Gasteiger partial charge in [0.25, 0.3) is 0 Å². The first kappa shape index (κ1) is 16.6. The topological polar surface area (TPSA) is 12.5 Å². The molecule has 0 spiro atoms. The number of rotatable bonds is 3. The van der Waals surface area contributed by atoms with Crippen LogP contribution >= 0.6 is 23.2 Å². The number of ether oxygens (including phenoxy) is 1. The fourth-order valence-electron chi connectivity index (χ4n) is 3.40. The molecule has 1 aliphatic carbocycles. The maximum Gasteiger partial charge on any atom is 0.119 e. The maximum atomic E-state index is 6.24. The molecule has 0 radical (unpaired) electrons. The Kier molecular flexibility index (Phi) is 4.86. The highest BCUT2D eigenvalue weighted by molar-refractivity contribution is 6.42. The van der Waals surface area contributed by atoms with E-state index in [4.69, 9.17) is 27.9 Å². The lowest BCUT2D eigenvalue weighted by atomic mass is 9.76. The average Bonchev–Trinajstić information content (AvgIpc) is 2.55. The average molecular weight is 350 g/mol. The van der Waals surface area contributed by atoms with Crippen LogP contribution in [0.25, 0.3) is 0 Å². The van der Waals surface area contributed by atoms with Crippen molar-refractivity contribution in [1.29, 1.82) is 0 Å². The molecule has 0 N–H and O–H groups in total. The number of fused-ring (bicyclic) bond motifs is 1. The molecule has 0 aliphatic heterocycles. The van der Waals surface area contributed by atoms with Crippen LogP contribution in [0.15, 0.2) is 36.4 Å². The fourth-order valence-corrected chi connectivity index (χ4v) is 3.71. The van der Waals surface area contributed by atoms with E-state index in [-0.39, 0.29) is 0 Å². The second-order valence-corrected chi connectivity index (χ2v) is 7.16. The molecule has 23 heavy (non-hydrogen) atoms. The lowest BCUT2D eigenvalue weighted by molar-refractivity contribution is 0.258. The number of hydrogen-bond donors (Lipinski definition) is 0. The molecule has 0 unspecified atom stereocenters. The fraction of sp³-hybridized carbons (Fsp3) is 0.368. The van der Waals surface area contributed by atoms with E-state index >= 15 is 0 Å². The van der Waals surface area contributed by atoms with Crippen molar-refractivity contribution >= 4 is 23.2 Å². The van der Waals surface area contributed by atoms with Crippen molar-refractivity contribution < 1.29 is 4.74 Å². The van der Waals surface area contributed by atoms with Crippen molar-refractivity contribution in [3.05, 3.63) is 63.1 Å². The van der Waals surface area contributed by atoms with Gasteiger partial charge in [-0.3, -0.25) is 0 Å². The lowest BCUT2D eigenvalue weighted by Gasteiger charge is -2.35. The smallest absolute Gasteiger partial charge is 0.119 e. The highest BCUT2D eigenvalue weighted by Crippen LogP contribution is 2.40. The second-order valence-electron chi connectivity index (χ2n) is 6.35. The molecule has 122 valence electrons. The minimum atomic E-state index is 0.326. The van der Waals surface area contributed by atoms with E-state index in [0.29, 0.717) is 22.0 Å². The SMILES string of the molecule is COc1ccc2c(c1)C[C@H](N(C)C)C[C@H]2c1ccc(Cl)c(Cl)c1. The molecule has 0 saturated heterocycles. The van der Waals surface area contributed by atoms with Crippen molar-refractivity contribution in [2.45, 2.75) is 24.8 Å². The van der Waals surface area contributed by atoms with Gasteiger partial charge in [0, 0.05) is 12.0 Å². The highest BCUT2D eigenvalue weighted by atomic mass is 35.5. The standard InChI is InChI=1S/C19H21Cl2NO/c1-22(2)14-8-13-9-15(23-3)5-6-16(13)17(11-14)12-4-7-18(20)19(21)10-12/h4-7,9-10,14,17H,8,11H2,1-3H3/t14-,17-/m0/s1. The molecule has 2 nitrogen and oxygen atoms in total. The Morgan fingerprint density at radius 2 is 1.83 bits per heavy atom. The number of methoxy groups -OCH3 is 1. The Hall–Kier alpha value is -1.22. The number of halogens is 2. The van der Waals surface area contributed by atoms with Crippen LogP contribution in [0.3, 0.4) is 0 Å². The van der Waals surface area contributed by atoms with Crippen LogP contribution in [0.1, 0.15) is 29.0 Å². The maximum absolute atomic E-state index is 6.24. The monoisotopic (exact) mass is 349 g/mol. The summed E-state index contributed by atoms with van der Waals surface area (Å²) in [5, 5.41) is 1.22. The summed E-state index contributed by atoms with van der Waals surface area (Å²) >= 11 is 12.3. The van der Waals surface area contributed by atoms with Gasteiger partial charge in [-0.15, -0.1) is 0 Å². The molecule has 0 heterocycles. The molecule has 0 fully saturated rings. The number of hydrogen-bond acceptors (Lipinski definition) is 2. The third kappa shape index (κ3) is 3.35. The summed E-state index contributed by atoms with van der Waals surface area (Å²) in [7, 11) is 5.99. The molecule has 2 aromatic carbocycles. The lowest BCUT2D eigenvalue weighted by Crippen LogP contribution is -2.35. The van der Waals surface area contributed by atoms with Gasteiger partial charge in [-0.1, -0.05) is 35.3 Å². The number of likely N-dealkylation sites (N-methyl/N-ethyl adjacent to an activating group) is 1. The molecular weight excluding hydrogens is 329 g/mol. The number of benzene rings is 2. The van der Waals surface area contributed by atoms with Crippen LogP contribution in [-0.4, -0.2) is 32.1 Å². The molecule has 1 aliphatic rings. The molecule has 3 rings (SSSR count). The van der Waals surface area contributed by atoms with E-state index in [1.165, 1.54) is 16.7 Å². The van der Waals surface area contributed by atoms with Crippen molar-refractivity contribution in [1.82, 2.24) is 4.90 Å². The van der Waals surface area contributed by atoms with Crippen LogP contribution < -0.4 is 4.74 Å². The third-order valence-electron chi connectivity index (χ3n) is 4.77. The van der Waals surface area contributed by atoms with Crippen molar-refractivity contribution in [2.75, 3.05) is 21.2 Å². The Balaban J connectivity index is 2.06. The summed E-state index contributed by atoms with van der Waals surface area (Å²) in [4.78, 5) is 2.30. The van der Waals surface area contributed by atoms with E-state index in [9.17, 15) is 0 Å². The minimum absolute atomic E-state index is 0.326. The molecule has 0 saturated carbocycles. The van der Waals surface area contributed by atoms with Crippen LogP contribution in [-0.2, 0) is 6.42 Å². The Bertz CT molecular complexity index is 715. The predicted molar refractivity (Wildman–Crippen MR) is 97.1 cm³/mol. The van der Waals surface area contributed by atoms with Gasteiger partial charge >= 0.3 is 0 Å². The first-order valence-corrected chi connectivity index (χ1v) is 8.53. The quantitative estimate of drug-likeness (QED) is 0.772. The zero-order valence-corrected chi connectivity index (χ0v) is 15.2. The van der Waals surface area contributed by atoms with Crippen molar-refractivity contribution in [3.63, 3.8) is 0 Å². The summed E-state index contributed by atoms with van der Waals surface area (Å²) < 4.78 is 5.40. The van der Waals surface area contributed by atoms with E-state index in [0.717, 1.165) is 18.6 Å². The molecule has 0 amide bonds. The molecule has 0 aromatic heterocycles. The van der Waals surface area contributed by atoms with Gasteiger partial charge in [0.1, 0.15) is 5.75 Å². The molecule has 4 heteroatoms. The summed E-state index contributed by atoms with van der Waals surface area (Å²) in [6.45, 7) is 0. The zero-order chi connectivity index (χ0) is 16.6. The van der Waals surface area contributed by atoms with Crippen LogP contribution in [0.4, 0.5) is 0 Å². The normalized spacial score (nSPS) is 20.4. The second kappa shape index (κ2) is 6.72. The minimum Gasteiger partial charge on any atom is -0.497 e. The van der Waals surface area contributed by atoms with E-state index < -0.39 is 0 Å². The summed E-state index contributed by atoms with van der Waals surface area (Å²) in [5.41, 5.74) is 3.94. The molecular formula is C19H21Cl2NO. The highest BCUT2D eigenvalue weighted by Gasteiger charge is 2.29. The van der Waals surface area contributed by atoms with Crippen molar-refractivity contribution in [2.24, 2.45) is 0 Å². The zero-order valence-electron chi connectivity index (χ0n) is 13.6. The van der Waals surface area contributed by atoms with Crippen LogP contribution in [0.5, 0.6) is 5.75 Å². The van der Waals surface area contributed by atoms with Gasteiger partial charge in [-0.05, 0) is 67.9 Å². The summed E-state index contributed by atoms with van der Waals surface area (Å²) in [6, 6.07) is 12.9. The first-order chi connectivity index (χ1) is 11.0. The van der Waals surface area contributed by atoms with Gasteiger partial charge in [0.2, 0.25) is 0 Å². The Labute approximate surface area is 148 Å². The summed E-state index contributed by atoms with van der Waals surface area (Å²) in [6.07, 6.45) is 2.11. The predicted octanol–water partition coefficient (Wildman–Crippen LogP) is 5.01. The van der Waals surface area contributed by atoms with Gasteiger partial charge in [-0.25, -0.2) is 0 Å². The van der Waals surface area contributed by atoms with E-state index in [2.05, 4.69) is 37.2 Å². The number of nitrogens with zero attached hydrogens (tertiary/aromatic N) is 1. The third-order valence-corrected chi connectivity index (χ3v) is 5.50. The molecule has 2 atom stereocenters. The Morgan fingerprint density at radius 1 is 1.04 bits per heavy atom. The first-order valence-electron chi connectivity index (χ1n) is 7.77. The van der Waals surface area contributed by atoms with Gasteiger partial charge in [0.15, 0.2) is 0 Å². The van der Waals surface area contributed by atoms with E-state index in [1.54, 1.807) is 7.11 Å². The molecule has 0 bridgehead atoms. The molecule has 2 aromatic rings. The van der Waals surface area contributed by atoms with Crippen LogP contribution in [0, 0.1) is 0 Å². The Morgan fingerprint density at radius 3 is 2.48 bits per heavy atom. The van der Waals surface area contributed by atoms with Crippen molar-refractivity contribution in [3.8, 4) is 5.75 Å².